The van der Waals surface area contributed by atoms with Gasteiger partial charge in [0.05, 0.1) is 17.4 Å². The third kappa shape index (κ3) is 4.91. The van der Waals surface area contributed by atoms with Crippen molar-refractivity contribution >= 4 is 17.1 Å². The van der Waals surface area contributed by atoms with E-state index in [2.05, 4.69) is 5.10 Å². The second kappa shape index (κ2) is 9.19. The fraction of sp³-hybridized carbons (Fsp3) is 0.458. The summed E-state index contributed by atoms with van der Waals surface area (Å²) in [5, 5.41) is 5.33. The smallest absolute Gasteiger partial charge is 0.431 e. The van der Waals surface area contributed by atoms with Crippen LogP contribution in [0.15, 0.2) is 47.6 Å². The number of ether oxygens (including phenoxy) is 1. The Kier molecular flexibility index (Phi) is 6.50. The Labute approximate surface area is 189 Å². The summed E-state index contributed by atoms with van der Waals surface area (Å²) in [4.78, 5) is 1.80. The van der Waals surface area contributed by atoms with Crippen molar-refractivity contribution < 1.29 is 26.7 Å². The molecule has 0 bridgehead atoms. The molecule has 2 aliphatic heterocycles. The molecule has 2 heterocycles. The average Bonchev–Trinajstić information content (AvgIpc) is 3.13. The van der Waals surface area contributed by atoms with Gasteiger partial charge in [0.1, 0.15) is 29.2 Å². The summed E-state index contributed by atoms with van der Waals surface area (Å²) in [6.07, 6.45) is -2.73. The highest BCUT2D eigenvalue weighted by Gasteiger charge is 2.47. The molecule has 0 N–H and O–H groups in total. The van der Waals surface area contributed by atoms with Crippen LogP contribution in [0.3, 0.4) is 0 Å². The monoisotopic (exact) mass is 467 g/mol. The van der Waals surface area contributed by atoms with Gasteiger partial charge in [0.2, 0.25) is 0 Å². The first kappa shape index (κ1) is 23.3. The second-order valence-corrected chi connectivity index (χ2v) is 8.49. The molecule has 2 aliphatic rings. The molecular formula is C24H26F5N3O. The van der Waals surface area contributed by atoms with Gasteiger partial charge in [-0.15, -0.1) is 0 Å². The van der Waals surface area contributed by atoms with E-state index in [4.69, 9.17) is 4.74 Å². The molecule has 0 radical (unpaired) electrons. The zero-order valence-electron chi connectivity index (χ0n) is 18.4. The van der Waals surface area contributed by atoms with E-state index in [-0.39, 0.29) is 17.8 Å². The van der Waals surface area contributed by atoms with E-state index >= 15 is 0 Å². The number of halogens is 5. The van der Waals surface area contributed by atoms with E-state index in [0.29, 0.717) is 43.8 Å². The first-order valence-corrected chi connectivity index (χ1v) is 11.1. The predicted octanol–water partition coefficient (Wildman–Crippen LogP) is 6.17. The molecule has 2 atom stereocenters. The molecule has 1 unspecified atom stereocenters. The fourth-order valence-corrected chi connectivity index (χ4v) is 4.58. The van der Waals surface area contributed by atoms with Crippen molar-refractivity contribution in [3.8, 4) is 5.75 Å². The summed E-state index contributed by atoms with van der Waals surface area (Å²) >= 11 is 0. The van der Waals surface area contributed by atoms with Crippen LogP contribution in [0.25, 0.3) is 0 Å². The van der Waals surface area contributed by atoms with Gasteiger partial charge in [0, 0.05) is 37.9 Å². The topological polar surface area (TPSA) is 28.1 Å². The number of alkyl halides is 3. The van der Waals surface area contributed by atoms with Crippen LogP contribution in [0.5, 0.6) is 5.75 Å². The molecule has 4 nitrogen and oxygen atoms in total. The van der Waals surface area contributed by atoms with Crippen molar-refractivity contribution in [2.24, 2.45) is 11.0 Å². The quantitative estimate of drug-likeness (QED) is 0.493. The highest BCUT2D eigenvalue weighted by molar-refractivity contribution is 5.95. The number of rotatable bonds is 5. The molecular weight excluding hydrogens is 441 g/mol. The highest BCUT2D eigenvalue weighted by atomic mass is 19.4. The Balaban J connectivity index is 1.39. The normalized spacial score (nSPS) is 22.0. The summed E-state index contributed by atoms with van der Waals surface area (Å²) in [5.74, 6) is -1.04. The highest BCUT2D eigenvalue weighted by Crippen LogP contribution is 2.37. The number of hydrazone groups is 1. The Morgan fingerprint density at radius 1 is 1.03 bits per heavy atom. The van der Waals surface area contributed by atoms with Crippen LogP contribution in [0.4, 0.5) is 33.3 Å². The number of anilines is 2. The third-order valence-corrected chi connectivity index (χ3v) is 6.34. The minimum atomic E-state index is -4.45. The van der Waals surface area contributed by atoms with Gasteiger partial charge in [-0.1, -0.05) is 13.8 Å². The molecule has 0 aromatic heterocycles. The van der Waals surface area contributed by atoms with Gasteiger partial charge in [-0.25, -0.2) is 8.78 Å². The molecule has 0 amide bonds. The standard InChI is InChI=1S/C24H26F5N3O/c1-3-21-15(2)23(24(27,28)29)30-32(21)17-5-7-18(8-6-17)33-19-10-12-31(13-11-19)22-14-16(25)4-9-20(22)26/h4-9,14-15,19,21H,3,10-13H2,1-2H3/t15?,21-/m0/s1. The van der Waals surface area contributed by atoms with Gasteiger partial charge in [0.15, 0.2) is 0 Å². The van der Waals surface area contributed by atoms with Crippen molar-refractivity contribution in [1.29, 1.82) is 0 Å². The lowest BCUT2D eigenvalue weighted by molar-refractivity contribution is -0.0620. The summed E-state index contributed by atoms with van der Waals surface area (Å²) in [7, 11) is 0. The van der Waals surface area contributed by atoms with Crippen molar-refractivity contribution in [2.45, 2.75) is 51.4 Å². The molecule has 4 rings (SSSR count). The molecule has 0 saturated carbocycles. The summed E-state index contributed by atoms with van der Waals surface area (Å²) in [6.45, 7) is 4.46. The molecule has 1 fully saturated rings. The third-order valence-electron chi connectivity index (χ3n) is 6.34. The lowest BCUT2D eigenvalue weighted by Crippen LogP contribution is -2.38. The maximum Gasteiger partial charge on any atom is 0.431 e. The van der Waals surface area contributed by atoms with E-state index in [9.17, 15) is 22.0 Å². The summed E-state index contributed by atoms with van der Waals surface area (Å²) < 4.78 is 73.4. The van der Waals surface area contributed by atoms with E-state index < -0.39 is 29.4 Å². The number of benzene rings is 2. The minimum Gasteiger partial charge on any atom is -0.490 e. The first-order valence-electron chi connectivity index (χ1n) is 11.1. The van der Waals surface area contributed by atoms with Crippen LogP contribution < -0.4 is 14.6 Å². The van der Waals surface area contributed by atoms with Crippen LogP contribution >= 0.6 is 0 Å². The van der Waals surface area contributed by atoms with E-state index in [1.165, 1.54) is 11.1 Å². The Bertz CT molecular complexity index is 1000. The van der Waals surface area contributed by atoms with Crippen LogP contribution in [-0.2, 0) is 0 Å². The van der Waals surface area contributed by atoms with Gasteiger partial charge < -0.3 is 9.64 Å². The second-order valence-electron chi connectivity index (χ2n) is 8.49. The first-order chi connectivity index (χ1) is 15.7. The van der Waals surface area contributed by atoms with E-state index in [1.54, 1.807) is 36.1 Å². The Hall–Kier alpha value is -2.84. The van der Waals surface area contributed by atoms with E-state index in [0.717, 1.165) is 12.1 Å². The minimum absolute atomic E-state index is 0.0891. The van der Waals surface area contributed by atoms with Gasteiger partial charge in [-0.05, 0) is 42.8 Å². The van der Waals surface area contributed by atoms with Gasteiger partial charge in [0.25, 0.3) is 0 Å². The number of hydrogen-bond acceptors (Lipinski definition) is 4. The van der Waals surface area contributed by atoms with Gasteiger partial charge in [-0.3, -0.25) is 5.01 Å². The zero-order chi connectivity index (χ0) is 23.8. The summed E-state index contributed by atoms with van der Waals surface area (Å²) in [5.41, 5.74) is 0.0785. The number of hydrogen-bond donors (Lipinski definition) is 0. The molecule has 0 spiro atoms. The molecule has 0 aliphatic carbocycles. The predicted molar refractivity (Wildman–Crippen MR) is 118 cm³/mol. The lowest BCUT2D eigenvalue weighted by Gasteiger charge is -2.34. The fourth-order valence-electron chi connectivity index (χ4n) is 4.58. The Morgan fingerprint density at radius 3 is 2.30 bits per heavy atom. The van der Waals surface area contributed by atoms with Crippen LogP contribution in [0.1, 0.15) is 33.1 Å². The average molecular weight is 467 g/mol. The summed E-state index contributed by atoms with van der Waals surface area (Å²) in [6, 6.07) is 9.94. The van der Waals surface area contributed by atoms with E-state index in [1.807, 2.05) is 6.92 Å². The Morgan fingerprint density at radius 2 is 1.70 bits per heavy atom. The maximum absolute atomic E-state index is 14.0. The van der Waals surface area contributed by atoms with Crippen LogP contribution in [0, 0.1) is 17.6 Å². The molecule has 33 heavy (non-hydrogen) atoms. The maximum atomic E-state index is 14.0. The van der Waals surface area contributed by atoms with Crippen molar-refractivity contribution in [3.63, 3.8) is 0 Å². The molecule has 9 heteroatoms. The SMILES string of the molecule is CC[C@H]1C(C)C(C(F)(F)F)=NN1c1ccc(OC2CCN(c3cc(F)ccc3F)CC2)cc1. The molecule has 178 valence electrons. The lowest BCUT2D eigenvalue weighted by atomic mass is 9.95. The zero-order valence-corrected chi connectivity index (χ0v) is 18.4. The van der Waals surface area contributed by atoms with Crippen molar-refractivity contribution in [3.05, 3.63) is 54.1 Å². The van der Waals surface area contributed by atoms with Gasteiger partial charge in [-0.2, -0.15) is 18.3 Å². The largest absolute Gasteiger partial charge is 0.490 e. The van der Waals surface area contributed by atoms with Crippen molar-refractivity contribution in [2.75, 3.05) is 23.0 Å². The molecule has 2 aromatic rings. The number of nitrogens with zero attached hydrogens (tertiary/aromatic N) is 3. The number of piperidine rings is 1. The van der Waals surface area contributed by atoms with Gasteiger partial charge >= 0.3 is 6.18 Å². The van der Waals surface area contributed by atoms with Crippen LogP contribution in [0.2, 0.25) is 0 Å². The van der Waals surface area contributed by atoms with Crippen molar-refractivity contribution in [1.82, 2.24) is 0 Å². The molecule has 2 aromatic carbocycles. The van der Waals surface area contributed by atoms with Crippen LogP contribution in [-0.4, -0.2) is 37.1 Å². The molecule has 1 saturated heterocycles.